The van der Waals surface area contributed by atoms with E-state index < -0.39 is 0 Å². The molecular formula is C16H25N5O. The quantitative estimate of drug-likeness (QED) is 0.830. The van der Waals surface area contributed by atoms with Crippen molar-refractivity contribution in [2.45, 2.75) is 46.3 Å². The zero-order chi connectivity index (χ0) is 15.5. The lowest BCUT2D eigenvalue weighted by molar-refractivity contribution is 0.142. The fourth-order valence-electron chi connectivity index (χ4n) is 3.10. The molecule has 0 spiro atoms. The van der Waals surface area contributed by atoms with E-state index in [1.165, 1.54) is 5.69 Å². The Morgan fingerprint density at radius 2 is 2.27 bits per heavy atom. The summed E-state index contributed by atoms with van der Waals surface area (Å²) in [5.74, 6) is 1.16. The van der Waals surface area contributed by atoms with Crippen molar-refractivity contribution >= 4 is 0 Å². The van der Waals surface area contributed by atoms with Gasteiger partial charge in [0.2, 0.25) is 0 Å². The number of fused-ring (bicyclic) bond motifs is 1. The Labute approximate surface area is 131 Å². The standard InChI is InChI=1S/C16H25N5O/c1-4-22-8-5-15-10-17-16-13(3)20(6-7-21(15)16)11-14-9-12(2)18-19-14/h9-10,13H,4-8,11H2,1-3H3,(H,18,19). The number of ether oxygens (including phenoxy) is 1. The summed E-state index contributed by atoms with van der Waals surface area (Å²) in [6, 6.07) is 2.42. The van der Waals surface area contributed by atoms with Crippen molar-refractivity contribution in [1.82, 2.24) is 24.6 Å². The number of rotatable bonds is 6. The smallest absolute Gasteiger partial charge is 0.126 e. The zero-order valence-electron chi connectivity index (χ0n) is 13.7. The Hall–Kier alpha value is -1.66. The molecule has 2 aromatic heterocycles. The molecule has 0 bridgehead atoms. The number of hydrogen-bond acceptors (Lipinski definition) is 4. The van der Waals surface area contributed by atoms with Crippen LogP contribution in [0, 0.1) is 6.92 Å². The van der Waals surface area contributed by atoms with Crippen molar-refractivity contribution in [3.8, 4) is 0 Å². The van der Waals surface area contributed by atoms with E-state index in [1.54, 1.807) is 0 Å². The average molecular weight is 303 g/mol. The Kier molecular flexibility index (Phi) is 4.59. The van der Waals surface area contributed by atoms with E-state index in [1.807, 2.05) is 20.0 Å². The normalized spacial score (nSPS) is 18.6. The van der Waals surface area contributed by atoms with Gasteiger partial charge < -0.3 is 9.30 Å². The summed E-state index contributed by atoms with van der Waals surface area (Å²) in [6.45, 7) is 10.7. The molecule has 0 amide bonds. The van der Waals surface area contributed by atoms with Gasteiger partial charge in [0.15, 0.2) is 0 Å². The molecule has 0 aliphatic carbocycles. The first-order valence-electron chi connectivity index (χ1n) is 8.06. The molecule has 1 atom stereocenters. The van der Waals surface area contributed by atoms with Gasteiger partial charge in [-0.15, -0.1) is 0 Å². The summed E-state index contributed by atoms with van der Waals surface area (Å²) < 4.78 is 7.82. The monoisotopic (exact) mass is 303 g/mol. The number of imidazole rings is 1. The molecule has 1 N–H and O–H groups in total. The van der Waals surface area contributed by atoms with E-state index >= 15 is 0 Å². The number of nitrogens with zero attached hydrogens (tertiary/aromatic N) is 4. The predicted octanol–water partition coefficient (Wildman–Crippen LogP) is 2.07. The van der Waals surface area contributed by atoms with Gasteiger partial charge in [0.25, 0.3) is 0 Å². The molecule has 6 heteroatoms. The largest absolute Gasteiger partial charge is 0.381 e. The van der Waals surface area contributed by atoms with Crippen molar-refractivity contribution in [3.63, 3.8) is 0 Å². The van der Waals surface area contributed by atoms with Crippen LogP contribution in [-0.2, 0) is 24.2 Å². The first-order chi connectivity index (χ1) is 10.7. The van der Waals surface area contributed by atoms with Crippen molar-refractivity contribution in [1.29, 1.82) is 0 Å². The minimum Gasteiger partial charge on any atom is -0.381 e. The van der Waals surface area contributed by atoms with Gasteiger partial charge in [0.05, 0.1) is 18.3 Å². The van der Waals surface area contributed by atoms with Crippen LogP contribution in [0.25, 0.3) is 0 Å². The van der Waals surface area contributed by atoms with Gasteiger partial charge in [-0.05, 0) is 26.8 Å². The molecular weight excluding hydrogens is 278 g/mol. The van der Waals surface area contributed by atoms with Gasteiger partial charge in [-0.1, -0.05) is 0 Å². The third kappa shape index (κ3) is 3.08. The number of aromatic amines is 1. The minimum absolute atomic E-state index is 0.312. The van der Waals surface area contributed by atoms with Crippen molar-refractivity contribution in [2.24, 2.45) is 0 Å². The highest BCUT2D eigenvalue weighted by molar-refractivity contribution is 5.13. The second-order valence-corrected chi connectivity index (χ2v) is 5.90. The number of hydrogen-bond donors (Lipinski definition) is 1. The van der Waals surface area contributed by atoms with E-state index in [4.69, 9.17) is 4.74 Å². The molecule has 0 saturated heterocycles. The minimum atomic E-state index is 0.312. The summed E-state index contributed by atoms with van der Waals surface area (Å²) in [5.41, 5.74) is 3.49. The topological polar surface area (TPSA) is 59.0 Å². The van der Waals surface area contributed by atoms with E-state index in [-0.39, 0.29) is 0 Å². The van der Waals surface area contributed by atoms with E-state index in [0.29, 0.717) is 6.04 Å². The van der Waals surface area contributed by atoms with E-state index in [2.05, 4.69) is 37.6 Å². The van der Waals surface area contributed by atoms with Gasteiger partial charge >= 0.3 is 0 Å². The van der Waals surface area contributed by atoms with E-state index in [9.17, 15) is 0 Å². The van der Waals surface area contributed by atoms with Gasteiger partial charge in [0.1, 0.15) is 5.82 Å². The second kappa shape index (κ2) is 6.62. The zero-order valence-corrected chi connectivity index (χ0v) is 13.7. The summed E-state index contributed by atoms with van der Waals surface area (Å²) in [7, 11) is 0. The summed E-state index contributed by atoms with van der Waals surface area (Å²) in [5, 5.41) is 7.36. The molecule has 0 aromatic carbocycles. The summed E-state index contributed by atoms with van der Waals surface area (Å²) in [6.07, 6.45) is 2.94. The third-order valence-corrected chi connectivity index (χ3v) is 4.33. The second-order valence-electron chi connectivity index (χ2n) is 5.90. The maximum absolute atomic E-state index is 5.46. The number of aromatic nitrogens is 4. The predicted molar refractivity (Wildman–Crippen MR) is 84.6 cm³/mol. The fourth-order valence-corrected chi connectivity index (χ4v) is 3.10. The number of aryl methyl sites for hydroxylation is 1. The molecule has 3 heterocycles. The number of H-pyrrole nitrogens is 1. The molecule has 1 aliphatic rings. The molecule has 1 unspecified atom stereocenters. The van der Waals surface area contributed by atoms with Crippen LogP contribution in [0.2, 0.25) is 0 Å². The SMILES string of the molecule is CCOCCc1cnc2n1CCN(Cc1cc(C)[nH]n1)C2C. The number of nitrogens with one attached hydrogen (secondary N) is 1. The van der Waals surface area contributed by atoms with Crippen molar-refractivity contribution in [2.75, 3.05) is 19.8 Å². The lowest BCUT2D eigenvalue weighted by Crippen LogP contribution is -2.37. The van der Waals surface area contributed by atoms with Gasteiger partial charge in [-0.3, -0.25) is 10.00 Å². The fraction of sp³-hybridized carbons (Fsp3) is 0.625. The molecule has 0 saturated carbocycles. The molecule has 1 aliphatic heterocycles. The lowest BCUT2D eigenvalue weighted by Gasteiger charge is -2.33. The first-order valence-corrected chi connectivity index (χ1v) is 8.06. The van der Waals surface area contributed by atoms with Crippen molar-refractivity contribution < 1.29 is 4.74 Å². The van der Waals surface area contributed by atoms with Crippen LogP contribution in [0.1, 0.15) is 42.8 Å². The van der Waals surface area contributed by atoms with Gasteiger partial charge in [-0.2, -0.15) is 5.10 Å². The van der Waals surface area contributed by atoms with E-state index in [0.717, 1.165) is 56.5 Å². The van der Waals surface area contributed by atoms with Gasteiger partial charge in [0, 0.05) is 50.2 Å². The lowest BCUT2D eigenvalue weighted by atomic mass is 10.2. The van der Waals surface area contributed by atoms with Crippen LogP contribution in [0.4, 0.5) is 0 Å². The van der Waals surface area contributed by atoms with Crippen LogP contribution in [0.5, 0.6) is 0 Å². The maximum Gasteiger partial charge on any atom is 0.126 e. The molecule has 22 heavy (non-hydrogen) atoms. The highest BCUT2D eigenvalue weighted by atomic mass is 16.5. The molecule has 3 rings (SSSR count). The van der Waals surface area contributed by atoms with Crippen LogP contribution >= 0.6 is 0 Å². The van der Waals surface area contributed by atoms with Gasteiger partial charge in [-0.25, -0.2) is 4.98 Å². The Morgan fingerprint density at radius 1 is 1.41 bits per heavy atom. The third-order valence-electron chi connectivity index (χ3n) is 4.33. The highest BCUT2D eigenvalue weighted by Gasteiger charge is 2.27. The summed E-state index contributed by atoms with van der Waals surface area (Å²) in [4.78, 5) is 7.09. The highest BCUT2D eigenvalue weighted by Crippen LogP contribution is 2.26. The Morgan fingerprint density at radius 3 is 3.00 bits per heavy atom. The molecule has 0 radical (unpaired) electrons. The van der Waals surface area contributed by atoms with Crippen LogP contribution in [0.3, 0.4) is 0 Å². The summed E-state index contributed by atoms with van der Waals surface area (Å²) >= 11 is 0. The maximum atomic E-state index is 5.46. The molecule has 2 aromatic rings. The van der Waals surface area contributed by atoms with Crippen LogP contribution in [0.15, 0.2) is 12.3 Å². The van der Waals surface area contributed by atoms with Crippen LogP contribution in [-0.4, -0.2) is 44.4 Å². The van der Waals surface area contributed by atoms with Crippen molar-refractivity contribution in [3.05, 3.63) is 35.2 Å². The Bertz CT molecular complexity index is 618. The molecule has 120 valence electrons. The first kappa shape index (κ1) is 15.2. The van der Waals surface area contributed by atoms with Crippen LogP contribution < -0.4 is 0 Å². The molecule has 6 nitrogen and oxygen atoms in total. The molecule has 0 fully saturated rings. The average Bonchev–Trinajstić information content (AvgIpc) is 3.09. The Balaban J connectivity index is 1.68.